The normalized spacial score (nSPS) is 17.8. The summed E-state index contributed by atoms with van der Waals surface area (Å²) in [6.45, 7) is 1.95. The van der Waals surface area contributed by atoms with Crippen molar-refractivity contribution in [3.05, 3.63) is 29.8 Å². The van der Waals surface area contributed by atoms with E-state index in [1.807, 2.05) is 0 Å². The van der Waals surface area contributed by atoms with E-state index in [2.05, 4.69) is 20.0 Å². The van der Waals surface area contributed by atoms with Crippen LogP contribution in [0.25, 0.3) is 11.4 Å². The quantitative estimate of drug-likeness (QED) is 0.799. The number of nitrogens with zero attached hydrogens (tertiary/aromatic N) is 2. The molecule has 0 saturated carbocycles. The van der Waals surface area contributed by atoms with Gasteiger partial charge in [0.05, 0.1) is 0 Å². The number of nitrogens with one attached hydrogen (secondary N) is 2. The zero-order valence-electron chi connectivity index (χ0n) is 12.1. The summed E-state index contributed by atoms with van der Waals surface area (Å²) in [5, 5.41) is 7.36. The Balaban J connectivity index is 1.52. The lowest BCUT2D eigenvalue weighted by atomic mass is 10.1. The van der Waals surface area contributed by atoms with E-state index in [4.69, 9.17) is 0 Å². The maximum absolute atomic E-state index is 13.2. The van der Waals surface area contributed by atoms with Crippen LogP contribution in [0.5, 0.6) is 0 Å². The SMILES string of the molecule is Fc1cc(F)cc(-c2nsc(NCCC[C@H]3CCCN3)n2)c1. The third-order valence-electron chi connectivity index (χ3n) is 3.71. The predicted molar refractivity (Wildman–Crippen MR) is 84.0 cm³/mol. The fraction of sp³-hybridized carbons (Fsp3) is 0.467. The van der Waals surface area contributed by atoms with Crippen molar-refractivity contribution >= 4 is 16.7 Å². The second-order valence-corrected chi connectivity index (χ2v) is 6.20. The first-order valence-electron chi connectivity index (χ1n) is 7.48. The van der Waals surface area contributed by atoms with Gasteiger partial charge in [-0.25, -0.2) is 8.78 Å². The molecule has 2 heterocycles. The summed E-state index contributed by atoms with van der Waals surface area (Å²) in [5.41, 5.74) is 0.358. The van der Waals surface area contributed by atoms with E-state index in [1.54, 1.807) is 0 Å². The molecule has 0 radical (unpaired) electrons. The van der Waals surface area contributed by atoms with Gasteiger partial charge < -0.3 is 10.6 Å². The predicted octanol–water partition coefficient (Wildman–Crippen LogP) is 3.43. The first-order valence-corrected chi connectivity index (χ1v) is 8.25. The molecule has 1 aliphatic rings. The highest BCUT2D eigenvalue weighted by Crippen LogP contribution is 2.23. The first-order chi connectivity index (χ1) is 10.7. The molecule has 2 aromatic rings. The molecule has 1 saturated heterocycles. The van der Waals surface area contributed by atoms with Crippen LogP contribution >= 0.6 is 11.5 Å². The minimum absolute atomic E-state index is 0.350. The maximum atomic E-state index is 13.2. The molecular weight excluding hydrogens is 306 g/mol. The van der Waals surface area contributed by atoms with Crippen LogP contribution in [-0.4, -0.2) is 28.5 Å². The Morgan fingerprint density at radius 1 is 1.27 bits per heavy atom. The van der Waals surface area contributed by atoms with E-state index in [-0.39, 0.29) is 0 Å². The highest BCUT2D eigenvalue weighted by molar-refractivity contribution is 7.09. The van der Waals surface area contributed by atoms with Crippen LogP contribution < -0.4 is 10.6 Å². The number of halogens is 2. The van der Waals surface area contributed by atoms with Crippen molar-refractivity contribution in [2.24, 2.45) is 0 Å². The molecule has 118 valence electrons. The number of hydrogen-bond acceptors (Lipinski definition) is 5. The number of hydrogen-bond donors (Lipinski definition) is 2. The summed E-state index contributed by atoms with van der Waals surface area (Å²) in [6.07, 6.45) is 4.73. The van der Waals surface area contributed by atoms with Crippen LogP contribution in [0.4, 0.5) is 13.9 Å². The minimum atomic E-state index is -0.622. The zero-order valence-corrected chi connectivity index (χ0v) is 12.9. The summed E-state index contributed by atoms with van der Waals surface area (Å²) in [4.78, 5) is 4.28. The van der Waals surface area contributed by atoms with Gasteiger partial charge in [-0.1, -0.05) is 0 Å². The average Bonchev–Trinajstić information content (AvgIpc) is 3.14. The number of benzene rings is 1. The summed E-state index contributed by atoms with van der Waals surface area (Å²) in [5.74, 6) is -0.893. The molecule has 0 unspecified atom stereocenters. The molecule has 1 aliphatic heterocycles. The van der Waals surface area contributed by atoms with Gasteiger partial charge in [-0.05, 0) is 44.4 Å². The van der Waals surface area contributed by atoms with Crippen molar-refractivity contribution in [2.45, 2.75) is 31.7 Å². The first kappa shape index (κ1) is 15.3. The van der Waals surface area contributed by atoms with Crippen LogP contribution in [0.1, 0.15) is 25.7 Å². The molecule has 1 atom stereocenters. The number of anilines is 1. The third-order valence-corrected chi connectivity index (χ3v) is 4.39. The van der Waals surface area contributed by atoms with Gasteiger partial charge in [-0.3, -0.25) is 0 Å². The third kappa shape index (κ3) is 3.98. The fourth-order valence-electron chi connectivity index (χ4n) is 2.64. The maximum Gasteiger partial charge on any atom is 0.202 e. The molecule has 0 bridgehead atoms. The van der Waals surface area contributed by atoms with Crippen LogP contribution in [-0.2, 0) is 0 Å². The molecule has 1 aromatic heterocycles. The summed E-state index contributed by atoms with van der Waals surface area (Å²) in [6, 6.07) is 3.95. The molecule has 4 nitrogen and oxygen atoms in total. The highest BCUT2D eigenvalue weighted by atomic mass is 32.1. The van der Waals surface area contributed by atoms with Crippen molar-refractivity contribution < 1.29 is 8.78 Å². The van der Waals surface area contributed by atoms with E-state index in [0.29, 0.717) is 22.6 Å². The fourth-order valence-corrected chi connectivity index (χ4v) is 3.26. The second kappa shape index (κ2) is 7.11. The molecule has 0 aliphatic carbocycles. The van der Waals surface area contributed by atoms with Crippen LogP contribution in [0.3, 0.4) is 0 Å². The highest BCUT2D eigenvalue weighted by Gasteiger charge is 2.13. The Kier molecular flexibility index (Phi) is 4.94. The smallest absolute Gasteiger partial charge is 0.202 e. The minimum Gasteiger partial charge on any atom is -0.360 e. The second-order valence-electron chi connectivity index (χ2n) is 5.44. The molecule has 3 rings (SSSR count). The molecule has 1 fully saturated rings. The van der Waals surface area contributed by atoms with Gasteiger partial charge in [0.1, 0.15) is 11.6 Å². The molecule has 0 spiro atoms. The van der Waals surface area contributed by atoms with Gasteiger partial charge in [0, 0.05) is 35.7 Å². The molecule has 2 N–H and O–H groups in total. The molecule has 0 amide bonds. The summed E-state index contributed by atoms with van der Waals surface area (Å²) < 4.78 is 30.6. The molecular formula is C15H18F2N4S. The monoisotopic (exact) mass is 324 g/mol. The van der Waals surface area contributed by atoms with Gasteiger partial charge in [0.2, 0.25) is 5.13 Å². The van der Waals surface area contributed by atoms with E-state index in [0.717, 1.165) is 32.0 Å². The van der Waals surface area contributed by atoms with Crippen molar-refractivity contribution in [2.75, 3.05) is 18.4 Å². The van der Waals surface area contributed by atoms with E-state index in [9.17, 15) is 8.78 Å². The lowest BCUT2D eigenvalue weighted by molar-refractivity contribution is 0.544. The lowest BCUT2D eigenvalue weighted by Gasteiger charge is -2.09. The van der Waals surface area contributed by atoms with Crippen molar-refractivity contribution in [3.63, 3.8) is 0 Å². The van der Waals surface area contributed by atoms with Gasteiger partial charge >= 0.3 is 0 Å². The van der Waals surface area contributed by atoms with Crippen LogP contribution in [0.2, 0.25) is 0 Å². The van der Waals surface area contributed by atoms with E-state index in [1.165, 1.54) is 36.5 Å². The summed E-state index contributed by atoms with van der Waals surface area (Å²) in [7, 11) is 0. The van der Waals surface area contributed by atoms with Crippen molar-refractivity contribution in [1.29, 1.82) is 0 Å². The Morgan fingerprint density at radius 2 is 2.09 bits per heavy atom. The molecule has 22 heavy (non-hydrogen) atoms. The molecule has 1 aromatic carbocycles. The number of rotatable bonds is 6. The Morgan fingerprint density at radius 3 is 2.82 bits per heavy atom. The Bertz CT molecular complexity index is 606. The van der Waals surface area contributed by atoms with Crippen molar-refractivity contribution in [1.82, 2.24) is 14.7 Å². The van der Waals surface area contributed by atoms with Crippen LogP contribution in [0.15, 0.2) is 18.2 Å². The number of aromatic nitrogens is 2. The molecule has 7 heteroatoms. The Hall–Kier alpha value is -1.60. The van der Waals surface area contributed by atoms with Crippen molar-refractivity contribution in [3.8, 4) is 11.4 Å². The Labute approximate surface area is 132 Å². The topological polar surface area (TPSA) is 49.8 Å². The van der Waals surface area contributed by atoms with Gasteiger partial charge in [-0.2, -0.15) is 9.36 Å². The van der Waals surface area contributed by atoms with Gasteiger partial charge in [-0.15, -0.1) is 0 Å². The standard InChI is InChI=1S/C15H18F2N4S/c16-11-7-10(8-12(17)9-11)14-20-15(22-21-14)19-6-2-4-13-3-1-5-18-13/h7-9,13,18H,1-6H2,(H,19,20,21)/t13-/m1/s1. The zero-order chi connectivity index (χ0) is 15.4. The van der Waals surface area contributed by atoms with Crippen LogP contribution in [0, 0.1) is 11.6 Å². The van der Waals surface area contributed by atoms with E-state index < -0.39 is 11.6 Å². The average molecular weight is 324 g/mol. The lowest BCUT2D eigenvalue weighted by Crippen LogP contribution is -2.21. The van der Waals surface area contributed by atoms with Gasteiger partial charge in [0.15, 0.2) is 5.82 Å². The largest absolute Gasteiger partial charge is 0.360 e. The van der Waals surface area contributed by atoms with Gasteiger partial charge in [0.25, 0.3) is 0 Å². The summed E-state index contributed by atoms with van der Waals surface area (Å²) >= 11 is 1.21. The van der Waals surface area contributed by atoms with E-state index >= 15 is 0 Å².